The second-order valence-corrected chi connectivity index (χ2v) is 5.91. The van der Waals surface area contributed by atoms with Crippen LogP contribution in [0.3, 0.4) is 0 Å². The van der Waals surface area contributed by atoms with Crippen LogP contribution < -0.4 is 5.32 Å². The third-order valence-corrected chi connectivity index (χ3v) is 4.23. The van der Waals surface area contributed by atoms with E-state index < -0.39 is 0 Å². The molecule has 6 heteroatoms. The first-order valence-corrected chi connectivity index (χ1v) is 7.55. The third kappa shape index (κ3) is 5.19. The van der Waals surface area contributed by atoms with Crippen LogP contribution in [0.4, 0.5) is 5.69 Å². The Kier molecular flexibility index (Phi) is 7.12. The maximum absolute atomic E-state index is 10.8. The van der Waals surface area contributed by atoms with Crippen molar-refractivity contribution in [3.05, 3.63) is 38.3 Å². The fourth-order valence-corrected chi connectivity index (χ4v) is 2.33. The summed E-state index contributed by atoms with van der Waals surface area (Å²) in [4.78, 5) is 12.8. The molecule has 5 nitrogen and oxygen atoms in total. The first kappa shape index (κ1) is 17.1. The number of benzene rings is 1. The summed E-state index contributed by atoms with van der Waals surface area (Å²) in [6, 6.07) is 5.67. The molecular weight excluding hydrogens is 322 g/mol. The van der Waals surface area contributed by atoms with Gasteiger partial charge in [0.25, 0.3) is 5.69 Å². The molecule has 1 rings (SSSR count). The van der Waals surface area contributed by atoms with Gasteiger partial charge >= 0.3 is 0 Å². The van der Waals surface area contributed by atoms with Crippen molar-refractivity contribution < 1.29 is 4.92 Å². The Morgan fingerprint density at radius 3 is 2.75 bits per heavy atom. The van der Waals surface area contributed by atoms with Gasteiger partial charge in [-0.1, -0.05) is 12.1 Å². The van der Waals surface area contributed by atoms with Gasteiger partial charge in [-0.2, -0.15) is 0 Å². The summed E-state index contributed by atoms with van der Waals surface area (Å²) >= 11 is 3.30. The van der Waals surface area contributed by atoms with Crippen LogP contribution in [-0.2, 0) is 6.54 Å². The van der Waals surface area contributed by atoms with Crippen LogP contribution in [-0.4, -0.2) is 36.0 Å². The maximum Gasteiger partial charge on any atom is 0.283 e. The van der Waals surface area contributed by atoms with Crippen LogP contribution in [0.1, 0.15) is 25.8 Å². The predicted molar refractivity (Wildman–Crippen MR) is 84.9 cm³/mol. The standard InChI is InChI=1S/C14H22BrN3O2/c1-11(2)17(3)9-5-8-16-10-12-6-4-7-13(14(12)15)18(19)20/h4,6-7,11,16H,5,8-10H2,1-3H3. The molecule has 0 amide bonds. The number of nitro benzene ring substituents is 1. The predicted octanol–water partition coefficient (Wildman–Crippen LogP) is 3.18. The molecule has 0 saturated heterocycles. The van der Waals surface area contributed by atoms with Gasteiger partial charge in [-0.15, -0.1) is 0 Å². The zero-order chi connectivity index (χ0) is 15.1. The fraction of sp³-hybridized carbons (Fsp3) is 0.571. The molecule has 0 aromatic heterocycles. The smallest absolute Gasteiger partial charge is 0.283 e. The molecule has 0 radical (unpaired) electrons. The van der Waals surface area contributed by atoms with Crippen molar-refractivity contribution in [1.82, 2.24) is 10.2 Å². The van der Waals surface area contributed by atoms with E-state index in [-0.39, 0.29) is 10.6 Å². The lowest BCUT2D eigenvalue weighted by Gasteiger charge is -2.20. The molecule has 0 unspecified atom stereocenters. The van der Waals surface area contributed by atoms with Crippen molar-refractivity contribution in [2.24, 2.45) is 0 Å². The van der Waals surface area contributed by atoms with E-state index in [9.17, 15) is 10.1 Å². The summed E-state index contributed by atoms with van der Waals surface area (Å²) in [6.45, 7) is 6.92. The van der Waals surface area contributed by atoms with E-state index in [1.807, 2.05) is 6.07 Å². The Bertz CT molecular complexity index is 452. The van der Waals surface area contributed by atoms with Crippen molar-refractivity contribution in [3.63, 3.8) is 0 Å². The summed E-state index contributed by atoms with van der Waals surface area (Å²) < 4.78 is 0.566. The molecule has 20 heavy (non-hydrogen) atoms. The summed E-state index contributed by atoms with van der Waals surface area (Å²) in [5.41, 5.74) is 1.03. The molecule has 0 heterocycles. The number of nitro groups is 1. The van der Waals surface area contributed by atoms with E-state index in [0.717, 1.165) is 25.1 Å². The highest BCUT2D eigenvalue weighted by Crippen LogP contribution is 2.27. The van der Waals surface area contributed by atoms with Crippen LogP contribution in [0.5, 0.6) is 0 Å². The molecule has 0 atom stereocenters. The van der Waals surface area contributed by atoms with Crippen LogP contribution in [0.15, 0.2) is 22.7 Å². The first-order chi connectivity index (χ1) is 9.43. The van der Waals surface area contributed by atoms with Crippen molar-refractivity contribution in [2.75, 3.05) is 20.1 Å². The van der Waals surface area contributed by atoms with E-state index in [0.29, 0.717) is 17.1 Å². The van der Waals surface area contributed by atoms with Gasteiger partial charge in [0.1, 0.15) is 0 Å². The minimum atomic E-state index is -0.370. The van der Waals surface area contributed by atoms with E-state index in [1.165, 1.54) is 6.07 Å². The van der Waals surface area contributed by atoms with Crippen molar-refractivity contribution >= 4 is 21.6 Å². The number of hydrogen-bond donors (Lipinski definition) is 1. The number of nitrogens with one attached hydrogen (secondary N) is 1. The lowest BCUT2D eigenvalue weighted by Crippen LogP contribution is -2.29. The zero-order valence-corrected chi connectivity index (χ0v) is 13.8. The second-order valence-electron chi connectivity index (χ2n) is 5.11. The molecule has 1 aromatic carbocycles. The quantitative estimate of drug-likeness (QED) is 0.447. The normalized spacial score (nSPS) is 11.3. The summed E-state index contributed by atoms with van der Waals surface area (Å²) in [6.07, 6.45) is 1.06. The van der Waals surface area contributed by atoms with Gasteiger partial charge in [-0.25, -0.2) is 0 Å². The average Bonchev–Trinajstić information content (AvgIpc) is 2.39. The topological polar surface area (TPSA) is 58.4 Å². The fourth-order valence-electron chi connectivity index (χ4n) is 1.78. The lowest BCUT2D eigenvalue weighted by atomic mass is 10.2. The SMILES string of the molecule is CC(C)N(C)CCCNCc1cccc([N+](=O)[O-])c1Br. The summed E-state index contributed by atoms with van der Waals surface area (Å²) in [5.74, 6) is 0. The highest BCUT2D eigenvalue weighted by molar-refractivity contribution is 9.10. The minimum Gasteiger partial charge on any atom is -0.313 e. The third-order valence-electron chi connectivity index (χ3n) is 3.32. The molecule has 0 spiro atoms. The largest absolute Gasteiger partial charge is 0.313 e. The van der Waals surface area contributed by atoms with Gasteiger partial charge in [-0.05, 0) is 61.9 Å². The number of rotatable bonds is 8. The van der Waals surface area contributed by atoms with E-state index >= 15 is 0 Å². The monoisotopic (exact) mass is 343 g/mol. The summed E-state index contributed by atoms with van der Waals surface area (Å²) in [5, 5.41) is 14.2. The van der Waals surface area contributed by atoms with Gasteiger partial charge in [-0.3, -0.25) is 10.1 Å². The first-order valence-electron chi connectivity index (χ1n) is 6.76. The Balaban J connectivity index is 2.40. The number of halogens is 1. The van der Waals surface area contributed by atoms with Crippen LogP contribution in [0.2, 0.25) is 0 Å². The van der Waals surface area contributed by atoms with E-state index in [1.54, 1.807) is 6.07 Å². The molecule has 0 fully saturated rings. The minimum absolute atomic E-state index is 0.115. The Morgan fingerprint density at radius 1 is 1.45 bits per heavy atom. The van der Waals surface area contributed by atoms with E-state index in [4.69, 9.17) is 0 Å². The van der Waals surface area contributed by atoms with E-state index in [2.05, 4.69) is 47.0 Å². The van der Waals surface area contributed by atoms with Crippen molar-refractivity contribution in [2.45, 2.75) is 32.9 Å². The van der Waals surface area contributed by atoms with Gasteiger partial charge in [0, 0.05) is 18.7 Å². The van der Waals surface area contributed by atoms with Gasteiger partial charge in [0.2, 0.25) is 0 Å². The molecule has 0 aliphatic carbocycles. The van der Waals surface area contributed by atoms with Crippen molar-refractivity contribution in [3.8, 4) is 0 Å². The second kappa shape index (κ2) is 8.34. The highest BCUT2D eigenvalue weighted by atomic mass is 79.9. The number of hydrogen-bond acceptors (Lipinski definition) is 4. The molecule has 0 saturated carbocycles. The van der Waals surface area contributed by atoms with Crippen LogP contribution >= 0.6 is 15.9 Å². The molecule has 112 valence electrons. The Morgan fingerprint density at radius 2 is 2.15 bits per heavy atom. The molecule has 1 aromatic rings. The highest BCUT2D eigenvalue weighted by Gasteiger charge is 2.14. The lowest BCUT2D eigenvalue weighted by molar-refractivity contribution is -0.385. The molecular formula is C14H22BrN3O2. The maximum atomic E-state index is 10.8. The molecule has 1 N–H and O–H groups in total. The van der Waals surface area contributed by atoms with Gasteiger partial charge < -0.3 is 10.2 Å². The molecule has 0 aliphatic rings. The van der Waals surface area contributed by atoms with Crippen LogP contribution in [0, 0.1) is 10.1 Å². The Hall–Kier alpha value is -0.980. The number of nitrogens with zero attached hydrogens (tertiary/aromatic N) is 2. The van der Waals surface area contributed by atoms with Gasteiger partial charge in [0.15, 0.2) is 0 Å². The molecule has 0 aliphatic heterocycles. The van der Waals surface area contributed by atoms with Crippen LogP contribution in [0.25, 0.3) is 0 Å². The van der Waals surface area contributed by atoms with Crippen molar-refractivity contribution in [1.29, 1.82) is 0 Å². The Labute approximate surface area is 128 Å². The molecule has 0 bridgehead atoms. The average molecular weight is 344 g/mol. The van der Waals surface area contributed by atoms with Gasteiger partial charge in [0.05, 0.1) is 9.40 Å². The summed E-state index contributed by atoms with van der Waals surface area (Å²) in [7, 11) is 2.11. The zero-order valence-electron chi connectivity index (χ0n) is 12.2.